The van der Waals surface area contributed by atoms with Crippen molar-refractivity contribution in [2.24, 2.45) is 0 Å². The predicted octanol–water partition coefficient (Wildman–Crippen LogP) is 3.20. The van der Waals surface area contributed by atoms with Crippen molar-refractivity contribution < 1.29 is 9.34 Å². The first-order chi connectivity index (χ1) is 9.77. The number of oxazole rings is 1. The highest BCUT2D eigenvalue weighted by Gasteiger charge is 2.20. The van der Waals surface area contributed by atoms with E-state index in [0.29, 0.717) is 5.89 Å². The Morgan fingerprint density at radius 3 is 2.62 bits per heavy atom. The van der Waals surface area contributed by atoms with Crippen LogP contribution in [0.3, 0.4) is 0 Å². The van der Waals surface area contributed by atoms with E-state index in [2.05, 4.69) is 15.3 Å². The zero-order valence-corrected chi connectivity index (χ0v) is 12.5. The van der Waals surface area contributed by atoms with Crippen LogP contribution < -0.4 is 5.32 Å². The van der Waals surface area contributed by atoms with Crippen LogP contribution in [0.1, 0.15) is 38.0 Å². The molecule has 112 valence electrons. The van der Waals surface area contributed by atoms with Gasteiger partial charge in [-0.1, -0.05) is 20.8 Å². The molecule has 0 saturated carbocycles. The summed E-state index contributed by atoms with van der Waals surface area (Å²) in [4.78, 5) is 18.8. The van der Waals surface area contributed by atoms with Crippen LogP contribution in [0.2, 0.25) is 0 Å². The van der Waals surface area contributed by atoms with Gasteiger partial charge in [0.15, 0.2) is 0 Å². The average Bonchev–Trinajstić information content (AvgIpc) is 2.85. The SMILES string of the molecule is Cc1cnc(NCc2ncc(C(C)(C)C)o2)c([N+](=O)[O-])c1. The molecule has 0 radical (unpaired) electrons. The highest BCUT2D eigenvalue weighted by Crippen LogP contribution is 2.25. The van der Waals surface area contributed by atoms with E-state index < -0.39 is 4.92 Å². The molecule has 7 nitrogen and oxygen atoms in total. The van der Waals surface area contributed by atoms with Crippen molar-refractivity contribution in [3.63, 3.8) is 0 Å². The van der Waals surface area contributed by atoms with E-state index in [-0.39, 0.29) is 23.5 Å². The molecule has 0 saturated heterocycles. The molecule has 2 aromatic rings. The summed E-state index contributed by atoms with van der Waals surface area (Å²) in [6, 6.07) is 1.48. The van der Waals surface area contributed by atoms with Crippen molar-refractivity contribution in [1.82, 2.24) is 9.97 Å². The van der Waals surface area contributed by atoms with Crippen LogP contribution >= 0.6 is 0 Å². The fourth-order valence-corrected chi connectivity index (χ4v) is 1.73. The molecular weight excluding hydrogens is 272 g/mol. The van der Waals surface area contributed by atoms with Gasteiger partial charge in [-0.15, -0.1) is 0 Å². The summed E-state index contributed by atoms with van der Waals surface area (Å²) >= 11 is 0. The van der Waals surface area contributed by atoms with Gasteiger partial charge in [0.1, 0.15) is 5.76 Å². The first kappa shape index (κ1) is 15.0. The van der Waals surface area contributed by atoms with E-state index in [0.717, 1.165) is 11.3 Å². The number of rotatable bonds is 4. The quantitative estimate of drug-likeness (QED) is 0.686. The molecule has 7 heteroatoms. The summed E-state index contributed by atoms with van der Waals surface area (Å²) in [5.74, 6) is 1.45. The van der Waals surface area contributed by atoms with Crippen LogP contribution in [0.5, 0.6) is 0 Å². The van der Waals surface area contributed by atoms with Crippen LogP contribution in [0.15, 0.2) is 22.9 Å². The summed E-state index contributed by atoms with van der Waals surface area (Å²) in [6.45, 7) is 8.08. The third kappa shape index (κ3) is 3.56. The van der Waals surface area contributed by atoms with E-state index in [1.807, 2.05) is 20.8 Å². The lowest BCUT2D eigenvalue weighted by atomic mass is 9.94. The maximum atomic E-state index is 11.0. The standard InChI is InChI=1S/C14H18N4O3/c1-9-5-10(18(19)20)13(16-6-9)17-8-12-15-7-11(21-12)14(2,3)4/h5-7H,8H2,1-4H3,(H,16,17). The normalized spacial score (nSPS) is 11.4. The van der Waals surface area contributed by atoms with E-state index in [4.69, 9.17) is 4.42 Å². The number of aromatic nitrogens is 2. The Balaban J connectivity index is 2.13. The molecular formula is C14H18N4O3. The van der Waals surface area contributed by atoms with Crippen molar-refractivity contribution in [1.29, 1.82) is 0 Å². The lowest BCUT2D eigenvalue weighted by molar-refractivity contribution is -0.384. The molecule has 0 aromatic carbocycles. The lowest BCUT2D eigenvalue weighted by Crippen LogP contribution is -2.09. The molecule has 2 aromatic heterocycles. The Morgan fingerprint density at radius 1 is 1.33 bits per heavy atom. The predicted molar refractivity (Wildman–Crippen MR) is 78.2 cm³/mol. The van der Waals surface area contributed by atoms with Gasteiger partial charge in [-0.05, 0) is 12.5 Å². The van der Waals surface area contributed by atoms with Crippen LogP contribution in [-0.2, 0) is 12.0 Å². The van der Waals surface area contributed by atoms with Crippen LogP contribution in [0.25, 0.3) is 0 Å². The van der Waals surface area contributed by atoms with Gasteiger partial charge < -0.3 is 9.73 Å². The van der Waals surface area contributed by atoms with Gasteiger partial charge in [0.25, 0.3) is 0 Å². The fourth-order valence-electron chi connectivity index (χ4n) is 1.73. The van der Waals surface area contributed by atoms with Crippen LogP contribution in [0, 0.1) is 17.0 Å². The van der Waals surface area contributed by atoms with Gasteiger partial charge in [0.2, 0.25) is 11.7 Å². The van der Waals surface area contributed by atoms with Crippen molar-refractivity contribution in [3.05, 3.63) is 45.8 Å². The highest BCUT2D eigenvalue weighted by molar-refractivity contribution is 5.56. The van der Waals surface area contributed by atoms with Gasteiger partial charge in [-0.2, -0.15) is 0 Å². The third-order valence-electron chi connectivity index (χ3n) is 2.90. The number of pyridine rings is 1. The second-order valence-corrected chi connectivity index (χ2v) is 5.86. The second kappa shape index (κ2) is 5.51. The minimum Gasteiger partial charge on any atom is -0.443 e. The number of nitrogens with zero attached hydrogens (tertiary/aromatic N) is 3. The highest BCUT2D eigenvalue weighted by atomic mass is 16.6. The topological polar surface area (TPSA) is 94.1 Å². The largest absolute Gasteiger partial charge is 0.443 e. The minimum absolute atomic E-state index is 0.0578. The van der Waals surface area contributed by atoms with Gasteiger partial charge in [-0.3, -0.25) is 10.1 Å². The maximum absolute atomic E-state index is 11.0. The van der Waals surface area contributed by atoms with Crippen LogP contribution in [-0.4, -0.2) is 14.9 Å². The number of hydrogen-bond donors (Lipinski definition) is 1. The second-order valence-electron chi connectivity index (χ2n) is 5.86. The summed E-state index contributed by atoms with van der Waals surface area (Å²) in [6.07, 6.45) is 3.25. The molecule has 2 heterocycles. The van der Waals surface area contributed by atoms with Crippen molar-refractivity contribution in [3.8, 4) is 0 Å². The molecule has 1 N–H and O–H groups in total. The summed E-state index contributed by atoms with van der Waals surface area (Å²) in [5, 5.41) is 13.9. The first-order valence-corrected chi connectivity index (χ1v) is 6.57. The van der Waals surface area contributed by atoms with Gasteiger partial charge >= 0.3 is 5.69 Å². The molecule has 0 atom stereocenters. The molecule has 0 aliphatic heterocycles. The number of nitrogens with one attached hydrogen (secondary N) is 1. The molecule has 21 heavy (non-hydrogen) atoms. The Hall–Kier alpha value is -2.44. The van der Waals surface area contributed by atoms with Crippen molar-refractivity contribution in [2.75, 3.05) is 5.32 Å². The monoisotopic (exact) mass is 290 g/mol. The fraction of sp³-hybridized carbons (Fsp3) is 0.429. The maximum Gasteiger partial charge on any atom is 0.311 e. The number of aryl methyl sites for hydroxylation is 1. The molecule has 0 spiro atoms. The van der Waals surface area contributed by atoms with Crippen LogP contribution in [0.4, 0.5) is 11.5 Å². The third-order valence-corrected chi connectivity index (χ3v) is 2.90. The molecule has 0 aliphatic rings. The first-order valence-electron chi connectivity index (χ1n) is 6.57. The molecule has 0 aliphatic carbocycles. The average molecular weight is 290 g/mol. The van der Waals surface area contributed by atoms with Gasteiger partial charge in [0.05, 0.1) is 17.7 Å². The Bertz CT molecular complexity index is 658. The lowest BCUT2D eigenvalue weighted by Gasteiger charge is -2.13. The van der Waals surface area contributed by atoms with Gasteiger partial charge in [0, 0.05) is 17.7 Å². The van der Waals surface area contributed by atoms with E-state index in [1.165, 1.54) is 6.07 Å². The smallest absolute Gasteiger partial charge is 0.311 e. The molecule has 0 fully saturated rings. The van der Waals surface area contributed by atoms with E-state index >= 15 is 0 Å². The number of hydrogen-bond acceptors (Lipinski definition) is 6. The number of anilines is 1. The Morgan fingerprint density at radius 2 is 2.05 bits per heavy atom. The zero-order chi connectivity index (χ0) is 15.6. The molecule has 0 bridgehead atoms. The van der Waals surface area contributed by atoms with Gasteiger partial charge in [-0.25, -0.2) is 9.97 Å². The van der Waals surface area contributed by atoms with E-state index in [9.17, 15) is 10.1 Å². The Labute approximate surface area is 122 Å². The summed E-state index contributed by atoms with van der Waals surface area (Å²) in [5.41, 5.74) is 0.551. The minimum atomic E-state index is -0.460. The Kier molecular flexibility index (Phi) is 3.93. The molecule has 2 rings (SSSR count). The molecule has 0 amide bonds. The van der Waals surface area contributed by atoms with Crippen molar-refractivity contribution in [2.45, 2.75) is 39.7 Å². The molecule has 0 unspecified atom stereocenters. The van der Waals surface area contributed by atoms with Crippen molar-refractivity contribution >= 4 is 11.5 Å². The summed E-state index contributed by atoms with van der Waals surface area (Å²) in [7, 11) is 0. The summed E-state index contributed by atoms with van der Waals surface area (Å²) < 4.78 is 5.62. The van der Waals surface area contributed by atoms with E-state index in [1.54, 1.807) is 19.3 Å². The zero-order valence-electron chi connectivity index (χ0n) is 12.5. The number of nitro groups is 1.